The molecule has 200 valence electrons. The molecule has 1 amide bonds. The van der Waals surface area contributed by atoms with Gasteiger partial charge in [0.1, 0.15) is 5.82 Å². The highest BCUT2D eigenvalue weighted by Gasteiger charge is 2.19. The maximum absolute atomic E-state index is 12.5. The minimum absolute atomic E-state index is 0.0847. The molecule has 1 aliphatic rings. The van der Waals surface area contributed by atoms with Crippen molar-refractivity contribution in [3.63, 3.8) is 0 Å². The Morgan fingerprint density at radius 3 is 2.33 bits per heavy atom. The lowest BCUT2D eigenvalue weighted by Crippen LogP contribution is -2.46. The summed E-state index contributed by atoms with van der Waals surface area (Å²) in [5.41, 5.74) is 5.23. The molecule has 1 aliphatic heterocycles. The second kappa shape index (κ2) is 13.4. The van der Waals surface area contributed by atoms with E-state index in [-0.39, 0.29) is 5.91 Å². The van der Waals surface area contributed by atoms with Gasteiger partial charge < -0.3 is 10.2 Å². The van der Waals surface area contributed by atoms with Crippen molar-refractivity contribution in [2.45, 2.75) is 37.3 Å². The lowest BCUT2D eigenvalue weighted by Gasteiger charge is -2.35. The van der Waals surface area contributed by atoms with Crippen molar-refractivity contribution in [1.82, 2.24) is 25.2 Å². The highest BCUT2D eigenvalue weighted by molar-refractivity contribution is 7.98. The number of piperazine rings is 1. The van der Waals surface area contributed by atoms with E-state index >= 15 is 0 Å². The van der Waals surface area contributed by atoms with Gasteiger partial charge in [-0.15, -0.1) is 0 Å². The Hall–Kier alpha value is -3.75. The Kier molecular flexibility index (Phi) is 9.19. The Balaban J connectivity index is 1.15. The molecule has 7 nitrogen and oxygen atoms in total. The molecular weight excluding hydrogens is 504 g/mol. The van der Waals surface area contributed by atoms with E-state index in [2.05, 4.69) is 63.4 Å². The number of carbonyl (C=O) groups is 1. The average molecular weight is 539 g/mol. The largest absolute Gasteiger partial charge is 0.354 e. The monoisotopic (exact) mass is 538 g/mol. The summed E-state index contributed by atoms with van der Waals surface area (Å²) in [7, 11) is 0. The van der Waals surface area contributed by atoms with Crippen LogP contribution in [0.5, 0.6) is 0 Å². The average Bonchev–Trinajstić information content (AvgIpc) is 3.00. The molecule has 1 fully saturated rings. The summed E-state index contributed by atoms with van der Waals surface area (Å²) in [5.74, 6) is 1.68. The van der Waals surface area contributed by atoms with E-state index in [1.54, 1.807) is 24.2 Å². The molecule has 4 aromatic rings. The number of hydrogen-bond acceptors (Lipinski definition) is 7. The molecule has 1 N–H and O–H groups in total. The van der Waals surface area contributed by atoms with Crippen LogP contribution < -0.4 is 10.2 Å². The van der Waals surface area contributed by atoms with E-state index in [0.29, 0.717) is 12.1 Å². The van der Waals surface area contributed by atoms with Crippen molar-refractivity contribution < 1.29 is 4.79 Å². The summed E-state index contributed by atoms with van der Waals surface area (Å²) in [6, 6.07) is 24.4. The standard InChI is InChI=1S/C31H34N6OS/c1-2-28-20-29(37-18-16-36(17-19-37)22-25-6-4-3-5-7-25)35-31(34-28)39-23-26-8-10-27(11-9-26)30(38)33-21-24-12-14-32-15-13-24/h3-15,20H,2,16-19,21-23H2,1H3,(H,33,38). The number of rotatable bonds is 10. The minimum atomic E-state index is -0.0847. The summed E-state index contributed by atoms with van der Waals surface area (Å²) < 4.78 is 0. The van der Waals surface area contributed by atoms with Crippen LogP contribution in [0.4, 0.5) is 5.82 Å². The van der Waals surface area contributed by atoms with Crippen molar-refractivity contribution in [2.24, 2.45) is 0 Å². The van der Waals surface area contributed by atoms with Crippen LogP contribution in [0.2, 0.25) is 0 Å². The number of thioether (sulfide) groups is 1. The van der Waals surface area contributed by atoms with Crippen LogP contribution >= 0.6 is 11.8 Å². The molecule has 8 heteroatoms. The van der Waals surface area contributed by atoms with E-state index in [1.165, 1.54) is 5.56 Å². The second-order valence-corrected chi connectivity index (χ2v) is 10.6. The highest BCUT2D eigenvalue weighted by atomic mass is 32.2. The minimum Gasteiger partial charge on any atom is -0.354 e. The van der Waals surface area contributed by atoms with Crippen molar-refractivity contribution in [3.8, 4) is 0 Å². The molecule has 1 saturated heterocycles. The van der Waals surface area contributed by atoms with E-state index in [9.17, 15) is 4.79 Å². The summed E-state index contributed by atoms with van der Waals surface area (Å²) >= 11 is 1.64. The normalized spacial score (nSPS) is 13.8. The zero-order valence-corrected chi connectivity index (χ0v) is 23.1. The van der Waals surface area contributed by atoms with Gasteiger partial charge in [0.15, 0.2) is 5.16 Å². The molecule has 3 heterocycles. The summed E-state index contributed by atoms with van der Waals surface area (Å²) in [4.78, 5) is 31.1. The Morgan fingerprint density at radius 2 is 1.62 bits per heavy atom. The van der Waals surface area contributed by atoms with Gasteiger partial charge in [-0.1, -0.05) is 61.2 Å². The SMILES string of the molecule is CCc1cc(N2CCN(Cc3ccccc3)CC2)nc(SCc2ccc(C(=O)NCc3ccncc3)cc2)n1. The Bertz CT molecular complexity index is 1340. The van der Waals surface area contributed by atoms with Gasteiger partial charge in [-0.05, 0) is 47.4 Å². The van der Waals surface area contributed by atoms with Crippen molar-refractivity contribution in [3.05, 3.63) is 113 Å². The lowest BCUT2D eigenvalue weighted by atomic mass is 10.1. The third-order valence-electron chi connectivity index (χ3n) is 6.84. The first-order chi connectivity index (χ1) is 19.2. The topological polar surface area (TPSA) is 74.2 Å². The molecule has 5 rings (SSSR count). The van der Waals surface area contributed by atoms with Gasteiger partial charge >= 0.3 is 0 Å². The first kappa shape index (κ1) is 26.8. The zero-order chi connectivity index (χ0) is 26.9. The quantitative estimate of drug-likeness (QED) is 0.226. The van der Waals surface area contributed by atoms with Crippen LogP contribution in [-0.4, -0.2) is 51.9 Å². The van der Waals surface area contributed by atoms with Crippen molar-refractivity contribution >= 4 is 23.5 Å². The third-order valence-corrected chi connectivity index (χ3v) is 7.76. The van der Waals surface area contributed by atoms with E-state index in [0.717, 1.165) is 72.7 Å². The van der Waals surface area contributed by atoms with Gasteiger partial charge in [0, 0.05) is 74.7 Å². The number of aryl methyl sites for hydroxylation is 1. The van der Waals surface area contributed by atoms with Crippen LogP contribution in [0, 0.1) is 0 Å². The molecule has 0 radical (unpaired) electrons. The first-order valence-electron chi connectivity index (χ1n) is 13.4. The summed E-state index contributed by atoms with van der Waals surface area (Å²) in [6.07, 6.45) is 4.33. The summed E-state index contributed by atoms with van der Waals surface area (Å²) in [6.45, 7) is 7.57. The van der Waals surface area contributed by atoms with Gasteiger partial charge in [0.2, 0.25) is 0 Å². The van der Waals surface area contributed by atoms with E-state index < -0.39 is 0 Å². The molecule has 0 bridgehead atoms. The number of pyridine rings is 1. The van der Waals surface area contributed by atoms with Crippen molar-refractivity contribution in [2.75, 3.05) is 31.1 Å². The number of hydrogen-bond donors (Lipinski definition) is 1. The second-order valence-electron chi connectivity index (χ2n) is 9.63. The van der Waals surface area contributed by atoms with Crippen LogP contribution in [-0.2, 0) is 25.3 Å². The van der Waals surface area contributed by atoms with Crippen molar-refractivity contribution in [1.29, 1.82) is 0 Å². The van der Waals surface area contributed by atoms with Gasteiger partial charge in [-0.25, -0.2) is 9.97 Å². The molecule has 39 heavy (non-hydrogen) atoms. The fourth-order valence-corrected chi connectivity index (χ4v) is 5.36. The maximum atomic E-state index is 12.5. The molecule has 0 saturated carbocycles. The number of amides is 1. The van der Waals surface area contributed by atoms with Gasteiger partial charge in [0.05, 0.1) is 0 Å². The third kappa shape index (κ3) is 7.65. The molecule has 2 aromatic carbocycles. The van der Waals surface area contributed by atoms with Crippen LogP contribution in [0.1, 0.15) is 39.7 Å². The van der Waals surface area contributed by atoms with E-state index in [1.807, 2.05) is 36.4 Å². The molecule has 0 atom stereocenters. The van der Waals surface area contributed by atoms with E-state index in [4.69, 9.17) is 9.97 Å². The van der Waals surface area contributed by atoms with Gasteiger partial charge in [-0.2, -0.15) is 0 Å². The molecular formula is C31H34N6OS. The lowest BCUT2D eigenvalue weighted by molar-refractivity contribution is 0.0951. The molecule has 0 aliphatic carbocycles. The Morgan fingerprint density at radius 1 is 0.872 bits per heavy atom. The highest BCUT2D eigenvalue weighted by Crippen LogP contribution is 2.24. The Labute approximate surface area is 234 Å². The first-order valence-corrected chi connectivity index (χ1v) is 14.4. The molecule has 2 aromatic heterocycles. The van der Waals surface area contributed by atoms with Crippen LogP contribution in [0.15, 0.2) is 90.3 Å². The predicted octanol–water partition coefficient (Wildman–Crippen LogP) is 4.98. The smallest absolute Gasteiger partial charge is 0.251 e. The van der Waals surface area contributed by atoms with Crippen LogP contribution in [0.25, 0.3) is 0 Å². The summed E-state index contributed by atoms with van der Waals surface area (Å²) in [5, 5.41) is 3.76. The number of nitrogens with zero attached hydrogens (tertiary/aromatic N) is 5. The number of anilines is 1. The zero-order valence-electron chi connectivity index (χ0n) is 22.3. The van der Waals surface area contributed by atoms with Gasteiger partial charge in [0.25, 0.3) is 5.91 Å². The number of benzene rings is 2. The predicted molar refractivity (Wildman–Crippen MR) is 157 cm³/mol. The number of nitrogens with one attached hydrogen (secondary N) is 1. The molecule has 0 unspecified atom stereocenters. The van der Waals surface area contributed by atoms with Gasteiger partial charge in [-0.3, -0.25) is 14.7 Å². The number of aromatic nitrogens is 3. The maximum Gasteiger partial charge on any atom is 0.251 e. The number of carbonyl (C=O) groups excluding carboxylic acids is 1. The fraction of sp³-hybridized carbons (Fsp3) is 0.290. The molecule has 0 spiro atoms. The van der Waals surface area contributed by atoms with Crippen LogP contribution in [0.3, 0.4) is 0 Å². The fourth-order valence-electron chi connectivity index (χ4n) is 4.53.